The minimum atomic E-state index is 0.915. The van der Waals surface area contributed by atoms with Crippen molar-refractivity contribution in [2.45, 2.75) is 18.4 Å². The molecule has 0 aliphatic rings. The third kappa shape index (κ3) is 3.29. The van der Waals surface area contributed by atoms with Crippen LogP contribution in [0.1, 0.15) is 11.8 Å². The summed E-state index contributed by atoms with van der Waals surface area (Å²) in [5, 5.41) is 5.55. The first-order valence-corrected chi connectivity index (χ1v) is 7.24. The fourth-order valence-corrected chi connectivity index (χ4v) is 2.83. The normalized spacial score (nSPS) is 10.3. The summed E-state index contributed by atoms with van der Waals surface area (Å²) in [6.45, 7) is 3.09. The van der Waals surface area contributed by atoms with Crippen molar-refractivity contribution in [3.05, 3.63) is 46.7 Å². The van der Waals surface area contributed by atoms with E-state index in [0.29, 0.717) is 0 Å². The zero-order chi connectivity index (χ0) is 11.2. The Balaban J connectivity index is 1.96. The highest BCUT2D eigenvalue weighted by Gasteiger charge is 1.96. The van der Waals surface area contributed by atoms with Gasteiger partial charge in [-0.3, -0.25) is 0 Å². The second-order valence-electron chi connectivity index (χ2n) is 3.39. The van der Waals surface area contributed by atoms with Crippen LogP contribution in [0.2, 0.25) is 0 Å². The predicted molar refractivity (Wildman–Crippen MR) is 74.5 cm³/mol. The van der Waals surface area contributed by atoms with E-state index in [2.05, 4.69) is 54.0 Å². The topological polar surface area (TPSA) is 12.0 Å². The monoisotopic (exact) mass is 249 g/mol. The molecule has 1 aromatic heterocycles. The summed E-state index contributed by atoms with van der Waals surface area (Å²) >= 11 is 3.66. The van der Waals surface area contributed by atoms with Crippen molar-refractivity contribution in [1.82, 2.24) is 0 Å². The molecule has 0 spiro atoms. The number of benzene rings is 1. The van der Waals surface area contributed by atoms with Crippen molar-refractivity contribution in [3.63, 3.8) is 0 Å². The quantitative estimate of drug-likeness (QED) is 0.785. The molecule has 1 heterocycles. The lowest BCUT2D eigenvalue weighted by molar-refractivity contribution is 1.18. The first-order valence-electron chi connectivity index (χ1n) is 5.37. The van der Waals surface area contributed by atoms with E-state index in [1.807, 2.05) is 11.8 Å². The summed E-state index contributed by atoms with van der Waals surface area (Å²) in [4.78, 5) is 2.70. The molecule has 0 fully saturated rings. The Morgan fingerprint density at radius 3 is 2.94 bits per heavy atom. The molecule has 1 aromatic carbocycles. The van der Waals surface area contributed by atoms with Gasteiger partial charge in [-0.25, -0.2) is 0 Å². The molecule has 0 atom stereocenters. The van der Waals surface area contributed by atoms with Gasteiger partial charge in [0.15, 0.2) is 0 Å². The SMILES string of the molecule is CCSc1cccc(NCc2cccs2)c1. The zero-order valence-electron chi connectivity index (χ0n) is 9.27. The van der Waals surface area contributed by atoms with E-state index in [9.17, 15) is 0 Å². The molecule has 2 aromatic rings. The van der Waals surface area contributed by atoms with E-state index in [1.54, 1.807) is 11.3 Å². The van der Waals surface area contributed by atoms with Crippen LogP contribution in [0.15, 0.2) is 46.7 Å². The fourth-order valence-electron chi connectivity index (χ4n) is 1.46. The van der Waals surface area contributed by atoms with Crippen LogP contribution >= 0.6 is 23.1 Å². The van der Waals surface area contributed by atoms with Crippen LogP contribution in [0.5, 0.6) is 0 Å². The predicted octanol–water partition coefficient (Wildman–Crippen LogP) is 4.47. The summed E-state index contributed by atoms with van der Waals surface area (Å²) in [5.74, 6) is 1.12. The Kier molecular flexibility index (Phi) is 4.31. The minimum Gasteiger partial charge on any atom is -0.380 e. The van der Waals surface area contributed by atoms with Crippen molar-refractivity contribution in [2.75, 3.05) is 11.1 Å². The van der Waals surface area contributed by atoms with Gasteiger partial charge in [-0.05, 0) is 35.4 Å². The summed E-state index contributed by atoms with van der Waals surface area (Å²) < 4.78 is 0. The molecule has 1 nitrogen and oxygen atoms in total. The minimum absolute atomic E-state index is 0.915. The molecular weight excluding hydrogens is 234 g/mol. The molecule has 16 heavy (non-hydrogen) atoms. The molecule has 0 unspecified atom stereocenters. The van der Waals surface area contributed by atoms with Gasteiger partial charge in [0.1, 0.15) is 0 Å². The van der Waals surface area contributed by atoms with Gasteiger partial charge in [0.2, 0.25) is 0 Å². The summed E-state index contributed by atoms with van der Waals surface area (Å²) in [5.41, 5.74) is 1.20. The summed E-state index contributed by atoms with van der Waals surface area (Å²) in [6.07, 6.45) is 0. The van der Waals surface area contributed by atoms with Gasteiger partial charge in [-0.15, -0.1) is 23.1 Å². The lowest BCUT2D eigenvalue weighted by Gasteiger charge is -2.06. The molecule has 0 saturated carbocycles. The largest absolute Gasteiger partial charge is 0.380 e. The van der Waals surface area contributed by atoms with Gasteiger partial charge in [0, 0.05) is 22.0 Å². The molecule has 0 saturated heterocycles. The first kappa shape index (κ1) is 11.6. The van der Waals surface area contributed by atoms with Crippen LogP contribution < -0.4 is 5.32 Å². The molecule has 0 amide bonds. The highest BCUT2D eigenvalue weighted by atomic mass is 32.2. The maximum atomic E-state index is 3.44. The average Bonchev–Trinajstić information content (AvgIpc) is 2.80. The van der Waals surface area contributed by atoms with E-state index in [4.69, 9.17) is 0 Å². The number of hydrogen-bond donors (Lipinski definition) is 1. The number of thioether (sulfide) groups is 1. The Hall–Kier alpha value is -0.930. The van der Waals surface area contributed by atoms with Crippen molar-refractivity contribution in [1.29, 1.82) is 0 Å². The number of thiophene rings is 1. The van der Waals surface area contributed by atoms with Crippen molar-refractivity contribution < 1.29 is 0 Å². The second kappa shape index (κ2) is 5.97. The number of hydrogen-bond acceptors (Lipinski definition) is 3. The van der Waals surface area contributed by atoms with Gasteiger partial charge in [0.25, 0.3) is 0 Å². The van der Waals surface area contributed by atoms with Crippen LogP contribution in [0.4, 0.5) is 5.69 Å². The summed E-state index contributed by atoms with van der Waals surface area (Å²) in [7, 11) is 0. The standard InChI is InChI=1S/C13H15NS2/c1-2-15-12-6-3-5-11(9-12)14-10-13-7-4-8-16-13/h3-9,14H,2,10H2,1H3. The molecule has 0 radical (unpaired) electrons. The van der Waals surface area contributed by atoms with Crippen LogP contribution in [0, 0.1) is 0 Å². The Labute approximate surface area is 105 Å². The third-order valence-corrected chi connectivity index (χ3v) is 3.94. The first-order chi connectivity index (χ1) is 7.88. The van der Waals surface area contributed by atoms with Crippen molar-refractivity contribution >= 4 is 28.8 Å². The molecule has 0 aliphatic carbocycles. The summed E-state index contributed by atoms with van der Waals surface area (Å²) in [6, 6.07) is 12.8. The molecule has 0 aliphatic heterocycles. The molecular formula is C13H15NS2. The van der Waals surface area contributed by atoms with Gasteiger partial charge >= 0.3 is 0 Å². The van der Waals surface area contributed by atoms with Gasteiger partial charge < -0.3 is 5.32 Å². The molecule has 3 heteroatoms. The molecule has 0 bridgehead atoms. The fraction of sp³-hybridized carbons (Fsp3) is 0.231. The van der Waals surface area contributed by atoms with Gasteiger partial charge in [0.05, 0.1) is 0 Å². The van der Waals surface area contributed by atoms with Crippen LogP contribution in [-0.2, 0) is 6.54 Å². The van der Waals surface area contributed by atoms with E-state index in [-0.39, 0.29) is 0 Å². The average molecular weight is 249 g/mol. The van der Waals surface area contributed by atoms with E-state index < -0.39 is 0 Å². The van der Waals surface area contributed by atoms with Crippen LogP contribution in [0.25, 0.3) is 0 Å². The number of nitrogens with one attached hydrogen (secondary N) is 1. The van der Waals surface area contributed by atoms with Crippen molar-refractivity contribution in [3.8, 4) is 0 Å². The zero-order valence-corrected chi connectivity index (χ0v) is 10.9. The molecule has 84 valence electrons. The van der Waals surface area contributed by atoms with E-state index in [0.717, 1.165) is 12.3 Å². The number of anilines is 1. The van der Waals surface area contributed by atoms with E-state index in [1.165, 1.54) is 15.5 Å². The van der Waals surface area contributed by atoms with Crippen molar-refractivity contribution in [2.24, 2.45) is 0 Å². The molecule has 1 N–H and O–H groups in total. The van der Waals surface area contributed by atoms with Gasteiger partial charge in [-0.2, -0.15) is 0 Å². The second-order valence-corrected chi connectivity index (χ2v) is 5.76. The Morgan fingerprint density at radius 2 is 2.19 bits per heavy atom. The van der Waals surface area contributed by atoms with Crippen LogP contribution in [-0.4, -0.2) is 5.75 Å². The third-order valence-electron chi connectivity index (χ3n) is 2.19. The highest BCUT2D eigenvalue weighted by molar-refractivity contribution is 7.99. The lowest BCUT2D eigenvalue weighted by atomic mass is 10.3. The number of rotatable bonds is 5. The lowest BCUT2D eigenvalue weighted by Crippen LogP contribution is -1.96. The van der Waals surface area contributed by atoms with E-state index >= 15 is 0 Å². The highest BCUT2D eigenvalue weighted by Crippen LogP contribution is 2.21. The maximum absolute atomic E-state index is 3.44. The Morgan fingerprint density at radius 1 is 1.25 bits per heavy atom. The Bertz CT molecular complexity index is 423. The van der Waals surface area contributed by atoms with Crippen LogP contribution in [0.3, 0.4) is 0 Å². The molecule has 2 rings (SSSR count). The van der Waals surface area contributed by atoms with Gasteiger partial charge in [-0.1, -0.05) is 19.1 Å². The smallest absolute Gasteiger partial charge is 0.0494 e. The maximum Gasteiger partial charge on any atom is 0.0494 e.